The van der Waals surface area contributed by atoms with E-state index in [2.05, 4.69) is 15.9 Å². The summed E-state index contributed by atoms with van der Waals surface area (Å²) < 4.78 is 15.6. The summed E-state index contributed by atoms with van der Waals surface area (Å²) in [5.41, 5.74) is 2.42. The molecule has 0 amide bonds. The second-order valence-corrected chi connectivity index (χ2v) is 6.03. The van der Waals surface area contributed by atoms with Crippen LogP contribution in [0.1, 0.15) is 15.9 Å². The van der Waals surface area contributed by atoms with Crippen LogP contribution in [0.5, 0.6) is 0 Å². The topological polar surface area (TPSA) is 22.0 Å². The van der Waals surface area contributed by atoms with Gasteiger partial charge in [-0.05, 0) is 45.8 Å². The predicted octanol–water partition coefficient (Wildman–Crippen LogP) is 5.06. The van der Waals surface area contributed by atoms with Crippen molar-refractivity contribution >= 4 is 44.7 Å². The predicted molar refractivity (Wildman–Crippen MR) is 85.5 cm³/mol. The maximum absolute atomic E-state index is 13.3. The normalized spacial score (nSPS) is 11.0. The number of hydrogen-bond acceptors (Lipinski definition) is 1. The summed E-state index contributed by atoms with van der Waals surface area (Å²) in [4.78, 5) is 11.2. The number of fused-ring (bicyclic) bond motifs is 1. The molecular formula is C16H10BrClFNO. The van der Waals surface area contributed by atoms with Gasteiger partial charge in [-0.3, -0.25) is 4.79 Å². The Hall–Kier alpha value is -1.65. The van der Waals surface area contributed by atoms with Crippen LogP contribution in [0.4, 0.5) is 4.39 Å². The summed E-state index contributed by atoms with van der Waals surface area (Å²) in [5.74, 6) is -0.298. The molecule has 1 heterocycles. The van der Waals surface area contributed by atoms with Crippen LogP contribution in [0.15, 0.2) is 47.1 Å². The fourth-order valence-corrected chi connectivity index (χ4v) is 2.95. The zero-order valence-electron chi connectivity index (χ0n) is 10.8. The standard InChI is InChI=1S/C16H10BrClFNO/c17-14-5-10(1-4-15(14)19)7-20-8-11(9-21)13-3-2-12(18)6-16(13)20/h1-6,8-9H,7H2. The lowest BCUT2D eigenvalue weighted by Crippen LogP contribution is -1.98. The Morgan fingerprint density at radius 3 is 2.76 bits per heavy atom. The van der Waals surface area contributed by atoms with Crippen molar-refractivity contribution in [2.45, 2.75) is 6.54 Å². The van der Waals surface area contributed by atoms with E-state index < -0.39 is 0 Å². The van der Waals surface area contributed by atoms with E-state index in [1.807, 2.05) is 16.7 Å². The molecular weight excluding hydrogens is 357 g/mol. The SMILES string of the molecule is O=Cc1cn(Cc2ccc(F)c(Br)c2)c2cc(Cl)ccc12. The number of aldehydes is 1. The molecule has 0 unspecified atom stereocenters. The monoisotopic (exact) mass is 365 g/mol. The van der Waals surface area contributed by atoms with Crippen LogP contribution in [0.25, 0.3) is 10.9 Å². The highest BCUT2D eigenvalue weighted by Gasteiger charge is 2.09. The molecule has 0 atom stereocenters. The van der Waals surface area contributed by atoms with Gasteiger partial charge in [0.1, 0.15) is 5.82 Å². The molecule has 2 aromatic carbocycles. The van der Waals surface area contributed by atoms with Crippen LogP contribution in [0, 0.1) is 5.82 Å². The Morgan fingerprint density at radius 2 is 2.05 bits per heavy atom. The van der Waals surface area contributed by atoms with Crippen molar-refractivity contribution in [3.05, 3.63) is 69.0 Å². The maximum Gasteiger partial charge on any atom is 0.152 e. The van der Waals surface area contributed by atoms with Gasteiger partial charge in [-0.1, -0.05) is 23.7 Å². The fraction of sp³-hybridized carbons (Fsp3) is 0.0625. The zero-order valence-corrected chi connectivity index (χ0v) is 13.2. The van der Waals surface area contributed by atoms with Gasteiger partial charge in [-0.15, -0.1) is 0 Å². The van der Waals surface area contributed by atoms with Crippen LogP contribution in [0.2, 0.25) is 5.02 Å². The van der Waals surface area contributed by atoms with E-state index >= 15 is 0 Å². The van der Waals surface area contributed by atoms with Crippen molar-refractivity contribution in [2.24, 2.45) is 0 Å². The number of nitrogens with zero attached hydrogens (tertiary/aromatic N) is 1. The molecule has 1 aromatic heterocycles. The molecule has 0 radical (unpaired) electrons. The molecule has 3 aromatic rings. The van der Waals surface area contributed by atoms with Gasteiger partial charge in [-0.2, -0.15) is 0 Å². The number of rotatable bonds is 3. The molecule has 0 fully saturated rings. The number of carbonyl (C=O) groups excluding carboxylic acids is 1. The molecule has 0 aliphatic carbocycles. The molecule has 2 nitrogen and oxygen atoms in total. The van der Waals surface area contributed by atoms with Gasteiger partial charge in [0, 0.05) is 28.7 Å². The van der Waals surface area contributed by atoms with Gasteiger partial charge in [0.15, 0.2) is 6.29 Å². The molecule has 0 spiro atoms. The maximum atomic E-state index is 13.3. The van der Waals surface area contributed by atoms with Crippen LogP contribution in [-0.4, -0.2) is 10.9 Å². The number of aromatic nitrogens is 1. The van der Waals surface area contributed by atoms with E-state index in [1.165, 1.54) is 6.07 Å². The molecule has 0 saturated heterocycles. The molecule has 0 saturated carbocycles. The first-order valence-corrected chi connectivity index (χ1v) is 7.43. The molecule has 5 heteroatoms. The van der Waals surface area contributed by atoms with Gasteiger partial charge in [0.05, 0.1) is 9.99 Å². The molecule has 0 aliphatic rings. The first kappa shape index (κ1) is 14.3. The van der Waals surface area contributed by atoms with Crippen molar-refractivity contribution in [2.75, 3.05) is 0 Å². The van der Waals surface area contributed by atoms with E-state index in [9.17, 15) is 9.18 Å². The summed E-state index contributed by atoms with van der Waals surface area (Å²) in [5, 5.41) is 1.47. The highest BCUT2D eigenvalue weighted by atomic mass is 79.9. The lowest BCUT2D eigenvalue weighted by molar-refractivity contribution is 0.112. The second-order valence-electron chi connectivity index (χ2n) is 4.74. The third kappa shape index (κ3) is 2.74. The summed E-state index contributed by atoms with van der Waals surface area (Å²) in [6.45, 7) is 0.531. The molecule has 0 aliphatic heterocycles. The van der Waals surface area contributed by atoms with Crippen LogP contribution in [-0.2, 0) is 6.54 Å². The van der Waals surface area contributed by atoms with Crippen LogP contribution < -0.4 is 0 Å². The molecule has 0 bridgehead atoms. The molecule has 106 valence electrons. The Kier molecular flexibility index (Phi) is 3.83. The highest BCUT2D eigenvalue weighted by Crippen LogP contribution is 2.25. The lowest BCUT2D eigenvalue weighted by Gasteiger charge is -2.07. The van der Waals surface area contributed by atoms with E-state index in [4.69, 9.17) is 11.6 Å². The number of halogens is 3. The zero-order chi connectivity index (χ0) is 15.0. The van der Waals surface area contributed by atoms with Crippen molar-refractivity contribution in [3.63, 3.8) is 0 Å². The van der Waals surface area contributed by atoms with Gasteiger partial charge in [0.25, 0.3) is 0 Å². The Morgan fingerprint density at radius 1 is 1.24 bits per heavy atom. The fourth-order valence-electron chi connectivity index (χ4n) is 2.35. The largest absolute Gasteiger partial charge is 0.342 e. The summed E-state index contributed by atoms with van der Waals surface area (Å²) >= 11 is 9.21. The van der Waals surface area contributed by atoms with E-state index in [0.717, 1.165) is 22.8 Å². The van der Waals surface area contributed by atoms with Gasteiger partial charge < -0.3 is 4.57 Å². The minimum atomic E-state index is -0.298. The minimum absolute atomic E-state index is 0.298. The quantitative estimate of drug-likeness (QED) is 0.594. The van der Waals surface area contributed by atoms with E-state index in [1.54, 1.807) is 24.4 Å². The van der Waals surface area contributed by atoms with Gasteiger partial charge in [0.2, 0.25) is 0 Å². The Bertz CT molecular complexity index is 844. The third-order valence-corrected chi connectivity index (χ3v) is 4.18. The van der Waals surface area contributed by atoms with E-state index in [0.29, 0.717) is 21.6 Å². The average molecular weight is 367 g/mol. The van der Waals surface area contributed by atoms with Gasteiger partial charge in [-0.25, -0.2) is 4.39 Å². The summed E-state index contributed by atoms with van der Waals surface area (Å²) in [7, 11) is 0. The van der Waals surface area contributed by atoms with Crippen molar-refractivity contribution in [1.29, 1.82) is 0 Å². The number of hydrogen-bond donors (Lipinski definition) is 0. The van der Waals surface area contributed by atoms with Gasteiger partial charge >= 0.3 is 0 Å². The Balaban J connectivity index is 2.09. The van der Waals surface area contributed by atoms with Crippen LogP contribution >= 0.6 is 27.5 Å². The number of carbonyl (C=O) groups is 1. The lowest BCUT2D eigenvalue weighted by atomic mass is 10.2. The first-order valence-electron chi connectivity index (χ1n) is 6.26. The number of benzene rings is 2. The first-order chi connectivity index (χ1) is 10.1. The molecule has 0 N–H and O–H groups in total. The Labute approximate surface area is 134 Å². The van der Waals surface area contributed by atoms with Crippen molar-refractivity contribution in [3.8, 4) is 0 Å². The second kappa shape index (κ2) is 5.62. The highest BCUT2D eigenvalue weighted by molar-refractivity contribution is 9.10. The minimum Gasteiger partial charge on any atom is -0.342 e. The molecule has 21 heavy (non-hydrogen) atoms. The third-order valence-electron chi connectivity index (χ3n) is 3.34. The van der Waals surface area contributed by atoms with E-state index in [-0.39, 0.29) is 5.82 Å². The van der Waals surface area contributed by atoms with Crippen LogP contribution in [0.3, 0.4) is 0 Å². The average Bonchev–Trinajstić information content (AvgIpc) is 2.80. The van der Waals surface area contributed by atoms with Crippen molar-refractivity contribution < 1.29 is 9.18 Å². The smallest absolute Gasteiger partial charge is 0.152 e. The summed E-state index contributed by atoms with van der Waals surface area (Å²) in [6.07, 6.45) is 2.61. The summed E-state index contributed by atoms with van der Waals surface area (Å²) in [6, 6.07) is 10.3. The van der Waals surface area contributed by atoms with Crippen molar-refractivity contribution in [1.82, 2.24) is 4.57 Å². The molecule has 3 rings (SSSR count).